The van der Waals surface area contributed by atoms with Gasteiger partial charge in [0, 0.05) is 22.5 Å². The number of aromatic nitrogens is 1. The molecule has 1 aromatic heterocycles. The third kappa shape index (κ3) is 2.96. The first-order valence-corrected chi connectivity index (χ1v) is 8.20. The van der Waals surface area contributed by atoms with Gasteiger partial charge in [-0.05, 0) is 54.1 Å². The summed E-state index contributed by atoms with van der Waals surface area (Å²) in [4.78, 5) is 12.2. The minimum absolute atomic E-state index is 0.264. The van der Waals surface area contributed by atoms with Crippen LogP contribution < -0.4 is 0 Å². The molecule has 0 N–H and O–H groups in total. The van der Waals surface area contributed by atoms with E-state index in [0.717, 1.165) is 33.9 Å². The van der Waals surface area contributed by atoms with Gasteiger partial charge in [0.15, 0.2) is 0 Å². The molecule has 2 aromatic rings. The van der Waals surface area contributed by atoms with Gasteiger partial charge < -0.3 is 9.30 Å². The highest BCUT2D eigenvalue weighted by Gasteiger charge is 2.22. The molecule has 108 valence electrons. The van der Waals surface area contributed by atoms with E-state index in [1.165, 1.54) is 0 Å². The van der Waals surface area contributed by atoms with E-state index in [9.17, 15) is 4.79 Å². The van der Waals surface area contributed by atoms with E-state index in [4.69, 9.17) is 16.3 Å². The van der Waals surface area contributed by atoms with Crippen molar-refractivity contribution in [2.45, 2.75) is 33.2 Å². The van der Waals surface area contributed by atoms with Gasteiger partial charge in [0.25, 0.3) is 0 Å². The number of hydrogen-bond acceptors (Lipinski definition) is 2. The largest absolute Gasteiger partial charge is 0.461 e. The van der Waals surface area contributed by atoms with Crippen LogP contribution in [0.15, 0.2) is 18.2 Å². The second-order valence-corrected chi connectivity index (χ2v) is 6.06. The fourth-order valence-corrected chi connectivity index (χ4v) is 3.35. The molecule has 0 saturated heterocycles. The number of unbranched alkanes of at least 4 members (excludes halogenated alkanes) is 1. The predicted octanol–water partition coefficient (Wildman–Crippen LogP) is 4.88. The summed E-state index contributed by atoms with van der Waals surface area (Å²) >= 11 is 8.27. The molecular formula is C15H17ClINO2. The van der Waals surface area contributed by atoms with Gasteiger partial charge in [0.2, 0.25) is 0 Å². The minimum Gasteiger partial charge on any atom is -0.461 e. The average Bonchev–Trinajstić information content (AvgIpc) is 2.69. The Kier molecular flexibility index (Phi) is 5.32. The fraction of sp³-hybridized carbons (Fsp3) is 0.400. The third-order valence-electron chi connectivity index (χ3n) is 3.17. The van der Waals surface area contributed by atoms with Crippen LogP contribution >= 0.6 is 34.2 Å². The predicted molar refractivity (Wildman–Crippen MR) is 90.5 cm³/mol. The molecule has 1 aromatic carbocycles. The summed E-state index contributed by atoms with van der Waals surface area (Å²) in [6.07, 6.45) is 2.10. The van der Waals surface area contributed by atoms with E-state index in [-0.39, 0.29) is 5.97 Å². The molecule has 0 atom stereocenters. The monoisotopic (exact) mass is 405 g/mol. The molecule has 0 spiro atoms. The van der Waals surface area contributed by atoms with Gasteiger partial charge in [0.05, 0.1) is 10.2 Å². The number of carbonyl (C=O) groups excluding carboxylic acids is 1. The Morgan fingerprint density at radius 3 is 2.80 bits per heavy atom. The SMILES string of the molecule is CCCCn1c(C(=O)OCC)c(I)c2cc(Cl)ccc21. The Labute approximate surface area is 137 Å². The van der Waals surface area contributed by atoms with E-state index in [2.05, 4.69) is 34.1 Å². The molecule has 0 amide bonds. The van der Waals surface area contributed by atoms with Gasteiger partial charge in [0.1, 0.15) is 5.69 Å². The van der Waals surface area contributed by atoms with Crippen molar-refractivity contribution >= 4 is 51.1 Å². The van der Waals surface area contributed by atoms with Crippen LogP contribution in [0.1, 0.15) is 37.2 Å². The Hall–Kier alpha value is -0.750. The molecule has 0 aliphatic rings. The van der Waals surface area contributed by atoms with Crippen molar-refractivity contribution in [2.75, 3.05) is 6.61 Å². The number of hydrogen-bond donors (Lipinski definition) is 0. The van der Waals surface area contributed by atoms with Crippen LogP contribution in [0.4, 0.5) is 0 Å². The molecule has 0 aliphatic heterocycles. The summed E-state index contributed by atoms with van der Waals surface area (Å²) in [7, 11) is 0. The number of rotatable bonds is 5. The van der Waals surface area contributed by atoms with Crippen molar-refractivity contribution in [3.05, 3.63) is 32.5 Å². The maximum absolute atomic E-state index is 12.2. The lowest BCUT2D eigenvalue weighted by Gasteiger charge is -2.09. The van der Waals surface area contributed by atoms with Gasteiger partial charge >= 0.3 is 5.97 Å². The highest BCUT2D eigenvalue weighted by Crippen LogP contribution is 2.31. The van der Waals surface area contributed by atoms with Crippen LogP contribution in [0.2, 0.25) is 5.02 Å². The summed E-state index contributed by atoms with van der Waals surface area (Å²) in [6, 6.07) is 5.74. The molecule has 0 fully saturated rings. The molecule has 3 nitrogen and oxygen atoms in total. The highest BCUT2D eigenvalue weighted by molar-refractivity contribution is 14.1. The van der Waals surface area contributed by atoms with Gasteiger partial charge in [-0.1, -0.05) is 24.9 Å². The Balaban J connectivity index is 2.63. The smallest absolute Gasteiger partial charge is 0.356 e. The zero-order valence-corrected chi connectivity index (χ0v) is 14.5. The van der Waals surface area contributed by atoms with Gasteiger partial charge in [-0.3, -0.25) is 0 Å². The molecule has 0 saturated carbocycles. The molecule has 0 bridgehead atoms. The van der Waals surface area contributed by atoms with Crippen molar-refractivity contribution in [2.24, 2.45) is 0 Å². The van der Waals surface area contributed by atoms with E-state index >= 15 is 0 Å². The Morgan fingerprint density at radius 1 is 1.40 bits per heavy atom. The first kappa shape index (κ1) is 15.6. The molecule has 0 aliphatic carbocycles. The van der Waals surface area contributed by atoms with Crippen molar-refractivity contribution in [3.63, 3.8) is 0 Å². The van der Waals surface area contributed by atoms with Crippen LogP contribution in [0.5, 0.6) is 0 Å². The van der Waals surface area contributed by atoms with Crippen molar-refractivity contribution < 1.29 is 9.53 Å². The van der Waals surface area contributed by atoms with Gasteiger partial charge in [-0.25, -0.2) is 4.79 Å². The molecule has 0 unspecified atom stereocenters. The van der Waals surface area contributed by atoms with Crippen LogP contribution in [0, 0.1) is 3.57 Å². The molecule has 5 heteroatoms. The van der Waals surface area contributed by atoms with Crippen LogP contribution in [-0.2, 0) is 11.3 Å². The summed E-state index contributed by atoms with van der Waals surface area (Å²) in [5.41, 5.74) is 1.67. The molecule has 0 radical (unpaired) electrons. The zero-order chi connectivity index (χ0) is 14.7. The summed E-state index contributed by atoms with van der Waals surface area (Å²) in [5, 5.41) is 1.69. The standard InChI is InChI=1S/C15H17ClINO2/c1-3-5-8-18-12-7-6-10(16)9-11(12)13(17)14(18)15(19)20-4-2/h6-7,9H,3-5,8H2,1-2H3. The van der Waals surface area contributed by atoms with Crippen molar-refractivity contribution in [1.29, 1.82) is 0 Å². The number of nitrogens with zero attached hydrogens (tertiary/aromatic N) is 1. The van der Waals surface area contributed by atoms with Crippen molar-refractivity contribution in [3.8, 4) is 0 Å². The Morgan fingerprint density at radius 2 is 2.15 bits per heavy atom. The Bertz CT molecular complexity index is 636. The number of ether oxygens (including phenoxy) is 1. The lowest BCUT2D eigenvalue weighted by Crippen LogP contribution is -2.13. The maximum Gasteiger partial charge on any atom is 0.356 e. The topological polar surface area (TPSA) is 31.2 Å². The second kappa shape index (κ2) is 6.80. The first-order valence-electron chi connectivity index (χ1n) is 6.74. The van der Waals surface area contributed by atoms with E-state index in [1.54, 1.807) is 0 Å². The van der Waals surface area contributed by atoms with E-state index in [0.29, 0.717) is 17.3 Å². The lowest BCUT2D eigenvalue weighted by molar-refractivity contribution is 0.0513. The quantitative estimate of drug-likeness (QED) is 0.524. The number of esters is 1. The third-order valence-corrected chi connectivity index (χ3v) is 4.49. The normalized spacial score (nSPS) is 11.0. The number of aryl methyl sites for hydroxylation is 1. The van der Waals surface area contributed by atoms with Gasteiger partial charge in [-0.15, -0.1) is 0 Å². The van der Waals surface area contributed by atoms with Crippen molar-refractivity contribution in [1.82, 2.24) is 4.57 Å². The molecular weight excluding hydrogens is 389 g/mol. The highest BCUT2D eigenvalue weighted by atomic mass is 127. The average molecular weight is 406 g/mol. The summed E-state index contributed by atoms with van der Waals surface area (Å²) < 4.78 is 8.15. The number of benzene rings is 1. The van der Waals surface area contributed by atoms with Crippen LogP contribution in [-0.4, -0.2) is 17.1 Å². The zero-order valence-electron chi connectivity index (χ0n) is 11.6. The van der Waals surface area contributed by atoms with E-state index in [1.807, 2.05) is 25.1 Å². The number of carbonyl (C=O) groups is 1. The minimum atomic E-state index is -0.264. The molecule has 20 heavy (non-hydrogen) atoms. The van der Waals surface area contributed by atoms with Crippen LogP contribution in [0.3, 0.4) is 0 Å². The molecule has 2 rings (SSSR count). The number of fused-ring (bicyclic) bond motifs is 1. The lowest BCUT2D eigenvalue weighted by atomic mass is 10.2. The van der Waals surface area contributed by atoms with E-state index < -0.39 is 0 Å². The van der Waals surface area contributed by atoms with Crippen LogP contribution in [0.25, 0.3) is 10.9 Å². The maximum atomic E-state index is 12.2. The molecule has 1 heterocycles. The number of halogens is 2. The summed E-state index contributed by atoms with van der Waals surface area (Å²) in [5.74, 6) is -0.264. The first-order chi connectivity index (χ1) is 9.60. The second-order valence-electron chi connectivity index (χ2n) is 4.55. The van der Waals surface area contributed by atoms with Gasteiger partial charge in [-0.2, -0.15) is 0 Å². The summed E-state index contributed by atoms with van der Waals surface area (Å²) in [6.45, 7) is 5.15. The fourth-order valence-electron chi connectivity index (χ4n) is 2.23.